The van der Waals surface area contributed by atoms with Gasteiger partial charge in [-0.25, -0.2) is 15.0 Å². The lowest BCUT2D eigenvalue weighted by molar-refractivity contribution is 1.17. The van der Waals surface area contributed by atoms with Crippen molar-refractivity contribution in [2.75, 3.05) is 0 Å². The number of aromatic nitrogens is 4. The molecular formula is C29H18N4. The Labute approximate surface area is 189 Å². The minimum Gasteiger partial charge on any atom is -0.276 e. The minimum absolute atomic E-state index is 0.705. The van der Waals surface area contributed by atoms with Gasteiger partial charge < -0.3 is 0 Å². The molecule has 0 aliphatic rings. The van der Waals surface area contributed by atoms with Crippen LogP contribution in [0.1, 0.15) is 0 Å². The van der Waals surface area contributed by atoms with Crippen LogP contribution >= 0.6 is 0 Å². The molecular weight excluding hydrogens is 404 g/mol. The van der Waals surface area contributed by atoms with E-state index < -0.39 is 0 Å². The molecule has 0 saturated heterocycles. The lowest BCUT2D eigenvalue weighted by Crippen LogP contribution is -2.01. The van der Waals surface area contributed by atoms with E-state index in [1.54, 1.807) is 0 Å². The van der Waals surface area contributed by atoms with Crippen LogP contribution in [0.5, 0.6) is 0 Å². The fourth-order valence-corrected chi connectivity index (χ4v) is 4.70. The van der Waals surface area contributed by atoms with Gasteiger partial charge in [0.25, 0.3) is 0 Å². The van der Waals surface area contributed by atoms with Crippen LogP contribution in [0.3, 0.4) is 0 Å². The van der Waals surface area contributed by atoms with Crippen LogP contribution in [0.2, 0.25) is 0 Å². The van der Waals surface area contributed by atoms with E-state index in [0.717, 1.165) is 55.3 Å². The van der Waals surface area contributed by atoms with Gasteiger partial charge in [0, 0.05) is 16.5 Å². The second-order valence-corrected chi connectivity index (χ2v) is 8.13. The molecule has 4 heteroatoms. The number of hydrogen-bond acceptors (Lipinski definition) is 3. The molecule has 0 amide bonds. The summed E-state index contributed by atoms with van der Waals surface area (Å²) in [5.41, 5.74) is 6.76. The van der Waals surface area contributed by atoms with Crippen molar-refractivity contribution in [3.63, 3.8) is 0 Å². The molecule has 0 aliphatic carbocycles. The normalized spacial score (nSPS) is 11.6. The monoisotopic (exact) mass is 422 g/mol. The van der Waals surface area contributed by atoms with Crippen molar-refractivity contribution in [2.24, 2.45) is 0 Å². The van der Waals surface area contributed by atoms with Gasteiger partial charge in [-0.3, -0.25) is 4.40 Å². The van der Waals surface area contributed by atoms with E-state index in [1.807, 2.05) is 30.3 Å². The molecule has 0 fully saturated rings. The van der Waals surface area contributed by atoms with Crippen molar-refractivity contribution in [1.82, 2.24) is 19.4 Å². The van der Waals surface area contributed by atoms with Gasteiger partial charge in [-0.15, -0.1) is 0 Å². The van der Waals surface area contributed by atoms with Gasteiger partial charge in [-0.1, -0.05) is 97.1 Å². The number of imidazole rings is 1. The molecule has 0 unspecified atom stereocenters. The molecule has 4 nitrogen and oxygen atoms in total. The SMILES string of the molecule is c1ccc(-c2nc(-c3ccccc3)c3c4ccccc4c4nc5ccccc5n4c3n2)cc1. The number of para-hydroxylation sites is 2. The summed E-state index contributed by atoms with van der Waals surface area (Å²) < 4.78 is 2.19. The summed E-state index contributed by atoms with van der Waals surface area (Å²) in [6.45, 7) is 0. The largest absolute Gasteiger partial charge is 0.276 e. The third-order valence-electron chi connectivity index (χ3n) is 6.18. The average Bonchev–Trinajstić information content (AvgIpc) is 3.29. The van der Waals surface area contributed by atoms with Crippen molar-refractivity contribution in [3.8, 4) is 22.6 Å². The summed E-state index contributed by atoms with van der Waals surface area (Å²) in [5.74, 6) is 0.705. The molecule has 0 radical (unpaired) electrons. The van der Waals surface area contributed by atoms with Gasteiger partial charge in [0.2, 0.25) is 0 Å². The smallest absolute Gasteiger partial charge is 0.162 e. The van der Waals surface area contributed by atoms with Crippen LogP contribution in [0, 0.1) is 0 Å². The van der Waals surface area contributed by atoms with Crippen LogP contribution < -0.4 is 0 Å². The third kappa shape index (κ3) is 2.68. The van der Waals surface area contributed by atoms with E-state index in [-0.39, 0.29) is 0 Å². The van der Waals surface area contributed by atoms with Gasteiger partial charge in [-0.05, 0) is 17.5 Å². The summed E-state index contributed by atoms with van der Waals surface area (Å²) in [4.78, 5) is 15.3. The molecule has 0 atom stereocenters. The Kier molecular flexibility index (Phi) is 3.81. The minimum atomic E-state index is 0.705. The molecule has 7 rings (SSSR count). The average molecular weight is 422 g/mol. The zero-order valence-electron chi connectivity index (χ0n) is 17.7. The number of benzene rings is 4. The first kappa shape index (κ1) is 18.0. The Hall–Kier alpha value is -4.57. The van der Waals surface area contributed by atoms with Crippen molar-refractivity contribution in [1.29, 1.82) is 0 Å². The first-order valence-electron chi connectivity index (χ1n) is 11.0. The number of hydrogen-bond donors (Lipinski definition) is 0. The zero-order chi connectivity index (χ0) is 21.8. The molecule has 154 valence electrons. The molecule has 0 saturated carbocycles. The van der Waals surface area contributed by atoms with E-state index in [9.17, 15) is 0 Å². The van der Waals surface area contributed by atoms with Crippen molar-refractivity contribution < 1.29 is 0 Å². The molecule has 3 aromatic heterocycles. The van der Waals surface area contributed by atoms with Gasteiger partial charge >= 0.3 is 0 Å². The molecule has 0 spiro atoms. The Morgan fingerprint density at radius 3 is 1.91 bits per heavy atom. The zero-order valence-corrected chi connectivity index (χ0v) is 17.7. The topological polar surface area (TPSA) is 43.1 Å². The molecule has 4 aromatic carbocycles. The highest BCUT2D eigenvalue weighted by molar-refractivity contribution is 6.17. The van der Waals surface area contributed by atoms with Crippen molar-refractivity contribution >= 4 is 38.5 Å². The highest BCUT2D eigenvalue weighted by Gasteiger charge is 2.20. The molecule has 3 heterocycles. The number of nitrogens with zero attached hydrogens (tertiary/aromatic N) is 4. The van der Waals surface area contributed by atoms with Gasteiger partial charge in [0.1, 0.15) is 5.65 Å². The van der Waals surface area contributed by atoms with Crippen LogP contribution in [-0.2, 0) is 0 Å². The number of rotatable bonds is 2. The quantitative estimate of drug-likeness (QED) is 0.284. The second-order valence-electron chi connectivity index (χ2n) is 8.13. The molecule has 0 bridgehead atoms. The summed E-state index contributed by atoms with van der Waals surface area (Å²) in [6, 6.07) is 37.2. The van der Waals surface area contributed by atoms with E-state index >= 15 is 0 Å². The number of fused-ring (bicyclic) bond motifs is 8. The maximum absolute atomic E-state index is 5.14. The molecule has 0 aliphatic heterocycles. The van der Waals surface area contributed by atoms with E-state index in [0.29, 0.717) is 5.82 Å². The number of pyridine rings is 1. The van der Waals surface area contributed by atoms with Gasteiger partial charge in [0.15, 0.2) is 11.5 Å². The first-order valence-corrected chi connectivity index (χ1v) is 11.0. The fourth-order valence-electron chi connectivity index (χ4n) is 4.70. The Balaban J connectivity index is 1.78. The highest BCUT2D eigenvalue weighted by Crippen LogP contribution is 2.37. The summed E-state index contributed by atoms with van der Waals surface area (Å²) in [6.07, 6.45) is 0. The lowest BCUT2D eigenvalue weighted by Gasteiger charge is -2.14. The van der Waals surface area contributed by atoms with Crippen LogP contribution in [0.25, 0.3) is 61.1 Å². The maximum atomic E-state index is 5.14. The lowest BCUT2D eigenvalue weighted by atomic mass is 10.0. The molecule has 7 aromatic rings. The van der Waals surface area contributed by atoms with Crippen LogP contribution in [-0.4, -0.2) is 19.4 Å². The van der Waals surface area contributed by atoms with E-state index in [4.69, 9.17) is 15.0 Å². The summed E-state index contributed by atoms with van der Waals surface area (Å²) in [7, 11) is 0. The summed E-state index contributed by atoms with van der Waals surface area (Å²) in [5, 5.41) is 3.23. The maximum Gasteiger partial charge on any atom is 0.162 e. The van der Waals surface area contributed by atoms with Gasteiger partial charge in [0.05, 0.1) is 22.1 Å². The third-order valence-corrected chi connectivity index (χ3v) is 6.18. The second kappa shape index (κ2) is 6.97. The predicted molar refractivity (Wildman–Crippen MR) is 134 cm³/mol. The van der Waals surface area contributed by atoms with Gasteiger partial charge in [-0.2, -0.15) is 0 Å². The van der Waals surface area contributed by atoms with Crippen LogP contribution in [0.15, 0.2) is 109 Å². The van der Waals surface area contributed by atoms with Crippen molar-refractivity contribution in [3.05, 3.63) is 109 Å². The summed E-state index contributed by atoms with van der Waals surface area (Å²) >= 11 is 0. The van der Waals surface area contributed by atoms with E-state index in [2.05, 4.69) is 83.3 Å². The fraction of sp³-hybridized carbons (Fsp3) is 0. The first-order chi connectivity index (χ1) is 16.4. The Morgan fingerprint density at radius 2 is 1.12 bits per heavy atom. The molecule has 0 N–H and O–H groups in total. The Morgan fingerprint density at radius 1 is 0.485 bits per heavy atom. The van der Waals surface area contributed by atoms with Crippen LogP contribution in [0.4, 0.5) is 0 Å². The van der Waals surface area contributed by atoms with Crippen molar-refractivity contribution in [2.45, 2.75) is 0 Å². The standard InChI is InChI=1S/C29H18N4/c1-3-11-19(12-4-1)26-25-21-15-7-8-16-22(21)28-30-23-17-9-10-18-24(23)33(28)29(25)32-27(31-26)20-13-5-2-6-14-20/h1-18H. The Bertz CT molecular complexity index is 1800. The molecule has 33 heavy (non-hydrogen) atoms. The predicted octanol–water partition coefficient (Wildman–Crippen LogP) is 6.92. The van der Waals surface area contributed by atoms with E-state index in [1.165, 1.54) is 0 Å². The highest BCUT2D eigenvalue weighted by atomic mass is 15.1.